The average Bonchev–Trinajstić information content (AvgIpc) is 2.37. The van der Waals surface area contributed by atoms with Crippen molar-refractivity contribution in [3.05, 3.63) is 40.9 Å². The summed E-state index contributed by atoms with van der Waals surface area (Å²) in [6.07, 6.45) is 0. The van der Waals surface area contributed by atoms with Crippen molar-refractivity contribution in [3.63, 3.8) is 0 Å². The maximum atomic E-state index is 12.0. The quantitative estimate of drug-likeness (QED) is 0.794. The number of anilines is 1. The summed E-state index contributed by atoms with van der Waals surface area (Å²) in [4.78, 5) is 0. The largest absolute Gasteiger partial charge is 0.284 e. The van der Waals surface area contributed by atoms with Gasteiger partial charge >= 0.3 is 0 Å². The highest BCUT2D eigenvalue weighted by atomic mass is 79.9. The van der Waals surface area contributed by atoms with Crippen LogP contribution >= 0.6 is 27.5 Å². The van der Waals surface area contributed by atoms with Gasteiger partial charge in [0.1, 0.15) is 0 Å². The number of fused-ring (bicyclic) bond motifs is 1. The lowest BCUT2D eigenvalue weighted by atomic mass is 10.1. The van der Waals surface area contributed by atoms with Crippen molar-refractivity contribution < 1.29 is 8.42 Å². The molecule has 0 radical (unpaired) electrons. The van der Waals surface area contributed by atoms with Crippen LogP contribution in [-0.4, -0.2) is 20.1 Å². The predicted molar refractivity (Wildman–Crippen MR) is 88.9 cm³/mol. The summed E-state index contributed by atoms with van der Waals surface area (Å²) < 4.78 is 27.6. The van der Waals surface area contributed by atoms with Crippen LogP contribution in [-0.2, 0) is 10.0 Å². The van der Waals surface area contributed by atoms with Gasteiger partial charge in [-0.2, -0.15) is 0 Å². The molecule has 0 aliphatic carbocycles. The molecule has 0 heterocycles. The molecule has 1 unspecified atom stereocenters. The molecule has 2 aromatic carbocycles. The Kier molecular flexibility index (Phi) is 4.94. The summed E-state index contributed by atoms with van der Waals surface area (Å²) in [5.74, 6) is 0.271. The minimum atomic E-state index is -3.37. The molecule has 0 aliphatic rings. The van der Waals surface area contributed by atoms with Gasteiger partial charge in [0.25, 0.3) is 0 Å². The lowest BCUT2D eigenvalue weighted by Gasteiger charge is -2.11. The molecular formula is C14H15BrClNO2S. The van der Waals surface area contributed by atoms with Gasteiger partial charge in [-0.25, -0.2) is 8.42 Å². The first-order chi connectivity index (χ1) is 9.39. The van der Waals surface area contributed by atoms with Crippen molar-refractivity contribution in [2.45, 2.75) is 6.92 Å². The van der Waals surface area contributed by atoms with Crippen molar-refractivity contribution in [3.8, 4) is 0 Å². The van der Waals surface area contributed by atoms with Crippen molar-refractivity contribution in [1.29, 1.82) is 0 Å². The van der Waals surface area contributed by atoms with Crippen LogP contribution in [0.5, 0.6) is 0 Å². The highest BCUT2D eigenvalue weighted by molar-refractivity contribution is 9.10. The SMILES string of the molecule is CC(CCl)CS(=O)(=O)Nc1ccc2cc(Br)ccc2c1. The van der Waals surface area contributed by atoms with Gasteiger partial charge in [-0.05, 0) is 41.0 Å². The molecule has 0 spiro atoms. The third-order valence-electron chi connectivity index (χ3n) is 2.84. The number of hydrogen-bond donors (Lipinski definition) is 1. The first-order valence-electron chi connectivity index (χ1n) is 6.15. The number of alkyl halides is 1. The molecule has 6 heteroatoms. The Hall–Kier alpha value is -0.780. The predicted octanol–water partition coefficient (Wildman–Crippen LogP) is 4.22. The monoisotopic (exact) mass is 375 g/mol. The van der Waals surface area contributed by atoms with E-state index < -0.39 is 10.0 Å². The van der Waals surface area contributed by atoms with E-state index in [0.717, 1.165) is 15.2 Å². The topological polar surface area (TPSA) is 46.2 Å². The van der Waals surface area contributed by atoms with E-state index in [1.165, 1.54) is 0 Å². The zero-order valence-corrected chi connectivity index (χ0v) is 14.1. The van der Waals surface area contributed by atoms with Crippen LogP contribution in [0.15, 0.2) is 40.9 Å². The number of hydrogen-bond acceptors (Lipinski definition) is 2. The maximum Gasteiger partial charge on any atom is 0.233 e. The fourth-order valence-corrected chi connectivity index (χ4v) is 3.97. The minimum Gasteiger partial charge on any atom is -0.284 e. The molecule has 108 valence electrons. The number of benzene rings is 2. The smallest absolute Gasteiger partial charge is 0.233 e. The van der Waals surface area contributed by atoms with Gasteiger partial charge in [0.05, 0.1) is 5.75 Å². The van der Waals surface area contributed by atoms with Crippen LogP contribution in [0.4, 0.5) is 5.69 Å². The van der Waals surface area contributed by atoms with Gasteiger partial charge in [-0.1, -0.05) is 35.0 Å². The van der Waals surface area contributed by atoms with Crippen molar-refractivity contribution >= 4 is 54.0 Å². The zero-order chi connectivity index (χ0) is 14.8. The molecule has 0 bridgehead atoms. The molecule has 0 fully saturated rings. The van der Waals surface area contributed by atoms with Gasteiger partial charge in [0.15, 0.2) is 0 Å². The molecule has 2 rings (SSSR count). The van der Waals surface area contributed by atoms with E-state index in [0.29, 0.717) is 11.6 Å². The lowest BCUT2D eigenvalue weighted by Crippen LogP contribution is -2.22. The second-order valence-electron chi connectivity index (χ2n) is 4.85. The Morgan fingerprint density at radius 2 is 1.85 bits per heavy atom. The van der Waals surface area contributed by atoms with Gasteiger partial charge < -0.3 is 0 Å². The van der Waals surface area contributed by atoms with E-state index in [-0.39, 0.29) is 11.7 Å². The Morgan fingerprint density at radius 3 is 2.55 bits per heavy atom. The first-order valence-corrected chi connectivity index (χ1v) is 9.13. The Labute approximate surface area is 132 Å². The lowest BCUT2D eigenvalue weighted by molar-refractivity contribution is 0.588. The van der Waals surface area contributed by atoms with Crippen LogP contribution in [0.1, 0.15) is 6.92 Å². The Bertz CT molecular complexity index is 718. The van der Waals surface area contributed by atoms with Crippen LogP contribution in [0, 0.1) is 5.92 Å². The van der Waals surface area contributed by atoms with E-state index in [1.54, 1.807) is 6.07 Å². The molecule has 3 nitrogen and oxygen atoms in total. The van der Waals surface area contributed by atoms with Crippen LogP contribution in [0.3, 0.4) is 0 Å². The molecule has 1 atom stereocenters. The standard InChI is InChI=1S/C14H15BrClNO2S/c1-10(8-16)9-20(18,19)17-14-5-3-11-6-13(15)4-2-12(11)7-14/h2-7,10,17H,8-9H2,1H3. The summed E-state index contributed by atoms with van der Waals surface area (Å²) in [6.45, 7) is 1.81. The molecular weight excluding hydrogens is 362 g/mol. The minimum absolute atomic E-state index is 0.0227. The number of halogens is 2. The van der Waals surface area contributed by atoms with Crippen LogP contribution in [0.2, 0.25) is 0 Å². The highest BCUT2D eigenvalue weighted by Gasteiger charge is 2.15. The molecule has 0 amide bonds. The number of sulfonamides is 1. The Balaban J connectivity index is 2.24. The Morgan fingerprint density at radius 1 is 1.20 bits per heavy atom. The average molecular weight is 377 g/mol. The second-order valence-corrected chi connectivity index (χ2v) is 7.84. The molecule has 20 heavy (non-hydrogen) atoms. The first kappa shape index (κ1) is 15.6. The van der Waals surface area contributed by atoms with E-state index in [4.69, 9.17) is 11.6 Å². The third kappa shape index (κ3) is 4.11. The second kappa shape index (κ2) is 6.33. The summed E-state index contributed by atoms with van der Waals surface area (Å²) in [6, 6.07) is 11.3. The fraction of sp³-hybridized carbons (Fsp3) is 0.286. The van der Waals surface area contributed by atoms with E-state index in [1.807, 2.05) is 37.3 Å². The van der Waals surface area contributed by atoms with E-state index in [9.17, 15) is 8.42 Å². The molecule has 0 saturated heterocycles. The fourth-order valence-electron chi connectivity index (χ4n) is 1.92. The van der Waals surface area contributed by atoms with E-state index in [2.05, 4.69) is 20.7 Å². The van der Waals surface area contributed by atoms with Gasteiger partial charge in [0.2, 0.25) is 10.0 Å². The van der Waals surface area contributed by atoms with E-state index >= 15 is 0 Å². The maximum absolute atomic E-state index is 12.0. The van der Waals surface area contributed by atoms with Crippen molar-refractivity contribution in [2.75, 3.05) is 16.4 Å². The normalized spacial score (nSPS) is 13.3. The number of nitrogens with one attached hydrogen (secondary N) is 1. The molecule has 1 N–H and O–H groups in total. The van der Waals surface area contributed by atoms with Crippen molar-refractivity contribution in [2.24, 2.45) is 5.92 Å². The molecule has 0 saturated carbocycles. The zero-order valence-electron chi connectivity index (χ0n) is 10.9. The van der Waals surface area contributed by atoms with Gasteiger partial charge in [-0.3, -0.25) is 4.72 Å². The summed E-state index contributed by atoms with van der Waals surface area (Å²) in [5, 5.41) is 2.04. The van der Waals surface area contributed by atoms with Gasteiger partial charge in [-0.15, -0.1) is 11.6 Å². The third-order valence-corrected chi connectivity index (χ3v) is 5.42. The number of rotatable bonds is 5. The summed E-state index contributed by atoms with van der Waals surface area (Å²) in [7, 11) is -3.37. The highest BCUT2D eigenvalue weighted by Crippen LogP contribution is 2.23. The summed E-state index contributed by atoms with van der Waals surface area (Å²) >= 11 is 9.07. The molecule has 0 aliphatic heterocycles. The molecule has 0 aromatic heterocycles. The summed E-state index contributed by atoms with van der Waals surface area (Å²) in [5.41, 5.74) is 0.571. The van der Waals surface area contributed by atoms with Crippen LogP contribution in [0.25, 0.3) is 10.8 Å². The van der Waals surface area contributed by atoms with Crippen LogP contribution < -0.4 is 4.72 Å². The van der Waals surface area contributed by atoms with Gasteiger partial charge in [0, 0.05) is 16.0 Å². The molecule has 2 aromatic rings. The van der Waals surface area contributed by atoms with Crippen molar-refractivity contribution in [1.82, 2.24) is 0 Å².